The van der Waals surface area contributed by atoms with E-state index in [0.29, 0.717) is 34.4 Å². The van der Waals surface area contributed by atoms with Gasteiger partial charge in [-0.15, -0.1) is 0 Å². The lowest BCUT2D eigenvalue weighted by molar-refractivity contribution is 0.102. The van der Waals surface area contributed by atoms with Crippen molar-refractivity contribution in [1.82, 2.24) is 0 Å². The fourth-order valence-electron chi connectivity index (χ4n) is 2.50. The normalized spacial score (nSPS) is 10.3. The van der Waals surface area contributed by atoms with Gasteiger partial charge in [0.2, 0.25) is 0 Å². The highest BCUT2D eigenvalue weighted by molar-refractivity contribution is 9.10. The molecule has 6 heteroatoms. The molecule has 27 heavy (non-hydrogen) atoms. The van der Waals surface area contributed by atoms with Crippen molar-refractivity contribution in [2.45, 2.75) is 6.61 Å². The highest BCUT2D eigenvalue weighted by Gasteiger charge is 2.16. The van der Waals surface area contributed by atoms with Crippen LogP contribution < -0.4 is 14.8 Å². The van der Waals surface area contributed by atoms with Crippen molar-refractivity contribution < 1.29 is 14.3 Å². The molecule has 0 spiro atoms. The Morgan fingerprint density at radius 3 is 2.48 bits per heavy atom. The number of halogens is 2. The van der Waals surface area contributed by atoms with Gasteiger partial charge in [0.05, 0.1) is 17.8 Å². The van der Waals surface area contributed by atoms with E-state index in [-0.39, 0.29) is 5.91 Å². The first-order valence-electron chi connectivity index (χ1n) is 8.18. The summed E-state index contributed by atoms with van der Waals surface area (Å²) in [5.41, 5.74) is 2.04. The van der Waals surface area contributed by atoms with Crippen LogP contribution in [-0.2, 0) is 6.61 Å². The number of amides is 1. The highest BCUT2D eigenvalue weighted by atomic mass is 79.9. The van der Waals surface area contributed by atoms with Gasteiger partial charge in [-0.25, -0.2) is 0 Å². The maximum Gasteiger partial charge on any atom is 0.255 e. The Morgan fingerprint density at radius 1 is 1.07 bits per heavy atom. The van der Waals surface area contributed by atoms with E-state index in [1.54, 1.807) is 18.2 Å². The number of methoxy groups -OCH3 is 1. The van der Waals surface area contributed by atoms with Crippen LogP contribution in [0, 0.1) is 0 Å². The Morgan fingerprint density at radius 2 is 1.78 bits per heavy atom. The van der Waals surface area contributed by atoms with Crippen molar-refractivity contribution >= 4 is 39.1 Å². The van der Waals surface area contributed by atoms with E-state index in [1.807, 2.05) is 48.5 Å². The number of carbonyl (C=O) groups is 1. The lowest BCUT2D eigenvalue weighted by Crippen LogP contribution is -2.13. The predicted molar refractivity (Wildman–Crippen MR) is 111 cm³/mol. The summed E-state index contributed by atoms with van der Waals surface area (Å²) >= 11 is 9.71. The van der Waals surface area contributed by atoms with Crippen molar-refractivity contribution in [2.24, 2.45) is 0 Å². The first kappa shape index (κ1) is 19.3. The molecule has 3 aromatic carbocycles. The summed E-state index contributed by atoms with van der Waals surface area (Å²) in [7, 11) is 1.51. The van der Waals surface area contributed by atoms with Crippen LogP contribution >= 0.6 is 27.5 Å². The Balaban J connectivity index is 1.84. The molecular formula is C21H17BrClNO3. The topological polar surface area (TPSA) is 47.6 Å². The van der Waals surface area contributed by atoms with Gasteiger partial charge < -0.3 is 14.8 Å². The van der Waals surface area contributed by atoms with E-state index in [4.69, 9.17) is 21.1 Å². The van der Waals surface area contributed by atoms with Crippen LogP contribution in [0.4, 0.5) is 5.69 Å². The van der Waals surface area contributed by atoms with E-state index in [1.165, 1.54) is 7.11 Å². The zero-order valence-electron chi connectivity index (χ0n) is 14.5. The van der Waals surface area contributed by atoms with Gasteiger partial charge in [0.25, 0.3) is 5.91 Å². The number of anilines is 1. The lowest BCUT2D eigenvalue weighted by atomic mass is 10.1. The molecule has 0 fully saturated rings. The van der Waals surface area contributed by atoms with Gasteiger partial charge in [0.1, 0.15) is 6.61 Å². The van der Waals surface area contributed by atoms with Gasteiger partial charge in [0, 0.05) is 10.0 Å². The Bertz CT molecular complexity index is 947. The standard InChI is InChI=1S/C21H17BrClNO3/c1-26-20-17(23)11-15(21(25)24-18-10-6-5-9-16(18)22)12-19(20)27-13-14-7-3-2-4-8-14/h2-12H,13H2,1H3,(H,24,25). The first-order valence-corrected chi connectivity index (χ1v) is 9.35. The molecule has 0 aliphatic carbocycles. The van der Waals surface area contributed by atoms with Gasteiger partial charge in [-0.2, -0.15) is 0 Å². The van der Waals surface area contributed by atoms with Gasteiger partial charge >= 0.3 is 0 Å². The van der Waals surface area contributed by atoms with Gasteiger partial charge in [-0.1, -0.05) is 54.1 Å². The zero-order chi connectivity index (χ0) is 19.2. The number of ether oxygens (including phenoxy) is 2. The summed E-state index contributed by atoms with van der Waals surface area (Å²) in [4.78, 5) is 12.7. The van der Waals surface area contributed by atoms with Crippen LogP contribution in [0.15, 0.2) is 71.2 Å². The van der Waals surface area contributed by atoms with Crippen LogP contribution in [0.3, 0.4) is 0 Å². The monoisotopic (exact) mass is 445 g/mol. The van der Waals surface area contributed by atoms with E-state index in [2.05, 4.69) is 21.2 Å². The average molecular weight is 447 g/mol. The summed E-state index contributed by atoms with van der Waals surface area (Å²) in [5, 5.41) is 3.16. The third kappa shape index (κ3) is 4.81. The van der Waals surface area contributed by atoms with Gasteiger partial charge in [0.15, 0.2) is 11.5 Å². The molecule has 1 N–H and O–H groups in total. The van der Waals surface area contributed by atoms with Crippen molar-refractivity contribution in [3.63, 3.8) is 0 Å². The zero-order valence-corrected chi connectivity index (χ0v) is 16.9. The minimum atomic E-state index is -0.295. The third-order valence-corrected chi connectivity index (χ3v) is 4.81. The van der Waals surface area contributed by atoms with Crippen LogP contribution in [0.25, 0.3) is 0 Å². The maximum absolute atomic E-state index is 12.7. The molecule has 0 aromatic heterocycles. The Labute approximate surface area is 171 Å². The minimum Gasteiger partial charge on any atom is -0.491 e. The summed E-state index contributed by atoms with van der Waals surface area (Å²) in [5.74, 6) is 0.507. The Hall–Kier alpha value is -2.50. The van der Waals surface area contributed by atoms with Crippen LogP contribution in [0.2, 0.25) is 5.02 Å². The van der Waals surface area contributed by atoms with Crippen molar-refractivity contribution in [1.29, 1.82) is 0 Å². The molecule has 3 rings (SSSR count). The highest BCUT2D eigenvalue weighted by Crippen LogP contribution is 2.37. The minimum absolute atomic E-state index is 0.295. The summed E-state index contributed by atoms with van der Waals surface area (Å²) < 4.78 is 12.0. The molecule has 0 aliphatic rings. The molecule has 1 amide bonds. The quantitative estimate of drug-likeness (QED) is 0.509. The van der Waals surface area contributed by atoms with Crippen molar-refractivity contribution in [3.8, 4) is 11.5 Å². The molecule has 0 aliphatic heterocycles. The molecule has 4 nitrogen and oxygen atoms in total. The molecule has 0 heterocycles. The third-order valence-electron chi connectivity index (χ3n) is 3.84. The molecular weight excluding hydrogens is 430 g/mol. The van der Waals surface area contributed by atoms with Crippen LogP contribution in [0.1, 0.15) is 15.9 Å². The number of para-hydroxylation sites is 1. The number of carbonyl (C=O) groups excluding carboxylic acids is 1. The number of benzene rings is 3. The lowest BCUT2D eigenvalue weighted by Gasteiger charge is -2.14. The van der Waals surface area contributed by atoms with Gasteiger partial charge in [-0.3, -0.25) is 4.79 Å². The average Bonchev–Trinajstić information content (AvgIpc) is 2.68. The molecule has 138 valence electrons. The molecule has 3 aromatic rings. The predicted octanol–water partition coefficient (Wildman–Crippen LogP) is 5.94. The fraction of sp³-hybridized carbons (Fsp3) is 0.0952. The summed E-state index contributed by atoms with van der Waals surface area (Å²) in [6, 6.07) is 20.3. The number of rotatable bonds is 6. The second-order valence-corrected chi connectivity index (χ2v) is 6.96. The summed E-state index contributed by atoms with van der Waals surface area (Å²) in [6.07, 6.45) is 0. The molecule has 0 saturated carbocycles. The number of nitrogens with one attached hydrogen (secondary N) is 1. The largest absolute Gasteiger partial charge is 0.491 e. The van der Waals surface area contributed by atoms with Crippen LogP contribution in [-0.4, -0.2) is 13.0 Å². The molecule has 0 atom stereocenters. The second-order valence-electron chi connectivity index (χ2n) is 5.70. The van der Waals surface area contributed by atoms with E-state index in [0.717, 1.165) is 10.0 Å². The molecule has 0 bridgehead atoms. The molecule has 0 radical (unpaired) electrons. The maximum atomic E-state index is 12.7. The smallest absolute Gasteiger partial charge is 0.255 e. The summed E-state index contributed by atoms with van der Waals surface area (Å²) in [6.45, 7) is 0.336. The van der Waals surface area contributed by atoms with Gasteiger partial charge in [-0.05, 0) is 45.8 Å². The van der Waals surface area contributed by atoms with Crippen LogP contribution in [0.5, 0.6) is 11.5 Å². The van der Waals surface area contributed by atoms with E-state index < -0.39 is 0 Å². The van der Waals surface area contributed by atoms with E-state index >= 15 is 0 Å². The van der Waals surface area contributed by atoms with E-state index in [9.17, 15) is 4.79 Å². The first-order chi connectivity index (χ1) is 13.1. The molecule has 0 saturated heterocycles. The van der Waals surface area contributed by atoms with Crippen molar-refractivity contribution in [2.75, 3.05) is 12.4 Å². The second kappa shape index (κ2) is 8.93. The number of hydrogen-bond donors (Lipinski definition) is 1. The fourth-order valence-corrected chi connectivity index (χ4v) is 3.17. The van der Waals surface area contributed by atoms with Crippen molar-refractivity contribution in [3.05, 3.63) is 87.4 Å². The SMILES string of the molecule is COc1c(Cl)cc(C(=O)Nc2ccccc2Br)cc1OCc1ccccc1. The molecule has 0 unspecified atom stereocenters. The number of hydrogen-bond acceptors (Lipinski definition) is 3. The Kier molecular flexibility index (Phi) is 6.37.